The topological polar surface area (TPSA) is 178 Å². The first-order valence-corrected chi connectivity index (χ1v) is 10.5. The Hall–Kier alpha value is -3.68. The van der Waals surface area contributed by atoms with Crippen LogP contribution in [0.15, 0.2) is 52.4 Å². The molecule has 0 radical (unpaired) electrons. The average molecular weight is 445 g/mol. The van der Waals surface area contributed by atoms with Crippen LogP contribution >= 0.6 is 11.3 Å². The Labute approximate surface area is 172 Å². The minimum Gasteiger partial charge on any atom is -0.492 e. The van der Waals surface area contributed by atoms with Crippen molar-refractivity contribution in [3.63, 3.8) is 0 Å². The minimum atomic E-state index is -3.91. The SMILES string of the molecule is NS(=O)(=O)c1cccc(Nc2nc(O)c(C3=c4cc([N+](=O)[O-])ccc4=NC3=O)s2)c1. The number of aromatic hydroxyl groups is 1. The number of anilines is 2. The zero-order valence-corrected chi connectivity index (χ0v) is 16.4. The number of nitrogens with zero attached hydrogens (tertiary/aromatic N) is 3. The predicted molar refractivity (Wildman–Crippen MR) is 106 cm³/mol. The van der Waals surface area contributed by atoms with Gasteiger partial charge in [0.15, 0.2) is 5.13 Å². The first-order valence-electron chi connectivity index (χ1n) is 8.15. The van der Waals surface area contributed by atoms with Crippen LogP contribution in [-0.2, 0) is 14.8 Å². The average Bonchev–Trinajstić information content (AvgIpc) is 3.18. The Kier molecular flexibility index (Phi) is 4.57. The van der Waals surface area contributed by atoms with Crippen molar-refractivity contribution in [1.29, 1.82) is 0 Å². The summed E-state index contributed by atoms with van der Waals surface area (Å²) in [6.45, 7) is 0. The van der Waals surface area contributed by atoms with Crippen molar-refractivity contribution in [2.24, 2.45) is 10.1 Å². The van der Waals surface area contributed by atoms with Gasteiger partial charge in [-0.2, -0.15) is 4.98 Å². The van der Waals surface area contributed by atoms with Gasteiger partial charge < -0.3 is 10.4 Å². The molecule has 13 heteroatoms. The normalized spacial score (nSPS) is 13.1. The van der Waals surface area contributed by atoms with Crippen LogP contribution in [0.2, 0.25) is 0 Å². The summed E-state index contributed by atoms with van der Waals surface area (Å²) in [5.41, 5.74) is 0.110. The van der Waals surface area contributed by atoms with Crippen molar-refractivity contribution in [3.05, 3.63) is 68.0 Å². The van der Waals surface area contributed by atoms with Gasteiger partial charge in [-0.3, -0.25) is 14.9 Å². The second-order valence-corrected chi connectivity index (χ2v) is 8.68. The molecule has 0 saturated carbocycles. The first-order chi connectivity index (χ1) is 14.1. The van der Waals surface area contributed by atoms with Crippen molar-refractivity contribution in [2.75, 3.05) is 5.32 Å². The van der Waals surface area contributed by atoms with Crippen molar-refractivity contribution in [3.8, 4) is 5.88 Å². The van der Waals surface area contributed by atoms with Crippen molar-refractivity contribution in [2.45, 2.75) is 4.90 Å². The molecule has 0 saturated heterocycles. The zero-order chi connectivity index (χ0) is 21.6. The van der Waals surface area contributed by atoms with E-state index in [9.17, 15) is 28.4 Å². The number of nitrogens with two attached hydrogens (primary N) is 1. The number of primary sulfonamides is 1. The highest BCUT2D eigenvalue weighted by atomic mass is 32.2. The van der Waals surface area contributed by atoms with E-state index in [0.29, 0.717) is 5.69 Å². The molecule has 0 atom stereocenters. The first kappa shape index (κ1) is 19.6. The lowest BCUT2D eigenvalue weighted by atomic mass is 10.1. The fourth-order valence-electron chi connectivity index (χ4n) is 2.84. The van der Waals surface area contributed by atoms with E-state index in [1.54, 1.807) is 6.07 Å². The van der Waals surface area contributed by atoms with Crippen LogP contribution in [0.5, 0.6) is 5.88 Å². The molecule has 0 aliphatic carbocycles. The number of benzene rings is 2. The standard InChI is InChI=1S/C17H11N5O6S2/c18-30(27,28)10-3-1-2-8(6-10)19-17-21-16(24)14(29-17)13-11-7-9(22(25)26)4-5-12(11)20-15(13)23/h1-7,24H,(H,19,21)(H2,18,27,28). The van der Waals surface area contributed by atoms with E-state index in [1.807, 2.05) is 0 Å². The number of hydrogen-bond donors (Lipinski definition) is 3. The Morgan fingerprint density at radius 2 is 1.97 bits per heavy atom. The molecule has 3 aromatic rings. The summed E-state index contributed by atoms with van der Waals surface area (Å²) in [7, 11) is -3.91. The van der Waals surface area contributed by atoms with Crippen molar-refractivity contribution >= 4 is 49.3 Å². The number of rotatable bonds is 5. The summed E-state index contributed by atoms with van der Waals surface area (Å²) < 4.78 is 23.0. The van der Waals surface area contributed by atoms with Gasteiger partial charge in [-0.1, -0.05) is 17.4 Å². The Balaban J connectivity index is 1.78. The highest BCUT2D eigenvalue weighted by Gasteiger charge is 2.26. The number of carbonyl (C=O) groups excluding carboxylic acids is 1. The number of nitro benzene ring substituents is 1. The van der Waals surface area contributed by atoms with Gasteiger partial charge in [0.2, 0.25) is 15.9 Å². The summed E-state index contributed by atoms with van der Waals surface area (Å²) in [5, 5.41) is 29.9. The summed E-state index contributed by atoms with van der Waals surface area (Å²) in [6, 6.07) is 9.44. The third-order valence-electron chi connectivity index (χ3n) is 4.15. The lowest BCUT2D eigenvalue weighted by molar-refractivity contribution is -0.385. The van der Waals surface area contributed by atoms with Crippen LogP contribution in [0, 0.1) is 10.1 Å². The maximum atomic E-state index is 12.4. The van der Waals surface area contributed by atoms with Crippen molar-refractivity contribution in [1.82, 2.24) is 4.98 Å². The van der Waals surface area contributed by atoms with Crippen LogP contribution in [0.4, 0.5) is 16.5 Å². The van der Waals surface area contributed by atoms with Crippen LogP contribution in [0.1, 0.15) is 4.88 Å². The predicted octanol–water partition coefficient (Wildman–Crippen LogP) is 0.507. The highest BCUT2D eigenvalue weighted by Crippen LogP contribution is 2.35. The van der Waals surface area contributed by atoms with Gasteiger partial charge >= 0.3 is 0 Å². The van der Waals surface area contributed by atoms with Crippen molar-refractivity contribution < 1.29 is 23.2 Å². The summed E-state index contributed by atoms with van der Waals surface area (Å²) in [6.07, 6.45) is 0. The molecule has 1 aromatic heterocycles. The number of nitrogens with one attached hydrogen (secondary N) is 1. The smallest absolute Gasteiger partial charge is 0.279 e. The lowest BCUT2D eigenvalue weighted by Gasteiger charge is -2.04. The molecule has 11 nitrogen and oxygen atoms in total. The fraction of sp³-hybridized carbons (Fsp3) is 0. The van der Waals surface area contributed by atoms with Gasteiger partial charge in [0.1, 0.15) is 4.88 Å². The Morgan fingerprint density at radius 1 is 1.20 bits per heavy atom. The molecule has 4 rings (SSSR count). The van der Waals surface area contributed by atoms with E-state index >= 15 is 0 Å². The van der Waals surface area contributed by atoms with Gasteiger partial charge in [-0.15, -0.1) is 0 Å². The zero-order valence-electron chi connectivity index (χ0n) is 14.8. The second kappa shape index (κ2) is 6.98. The summed E-state index contributed by atoms with van der Waals surface area (Å²) in [5.74, 6) is -1.13. The van der Waals surface area contributed by atoms with Gasteiger partial charge in [0, 0.05) is 23.0 Å². The van der Waals surface area contributed by atoms with Crippen LogP contribution < -0.4 is 21.0 Å². The number of carbonyl (C=O) groups is 1. The number of sulfonamides is 1. The molecular formula is C17H11N5O6S2. The Morgan fingerprint density at radius 3 is 2.67 bits per heavy atom. The lowest BCUT2D eigenvalue weighted by Crippen LogP contribution is -2.23. The maximum absolute atomic E-state index is 12.4. The number of thiazole rings is 1. The third kappa shape index (κ3) is 3.52. The van der Waals surface area contributed by atoms with E-state index < -0.39 is 26.7 Å². The van der Waals surface area contributed by atoms with E-state index in [2.05, 4.69) is 15.3 Å². The molecule has 0 spiro atoms. The molecule has 0 bridgehead atoms. The third-order valence-corrected chi connectivity index (χ3v) is 6.03. The fourth-order valence-corrected chi connectivity index (χ4v) is 4.33. The van der Waals surface area contributed by atoms with Gasteiger partial charge in [0.05, 0.1) is 20.7 Å². The number of non-ortho nitro benzene ring substituents is 1. The van der Waals surface area contributed by atoms with E-state index in [4.69, 9.17) is 5.14 Å². The van der Waals surface area contributed by atoms with E-state index in [-0.39, 0.29) is 36.7 Å². The molecule has 1 aliphatic rings. The quantitative estimate of drug-likeness (QED) is 0.375. The summed E-state index contributed by atoms with van der Waals surface area (Å²) in [4.78, 5) is 30.6. The van der Waals surface area contributed by atoms with Crippen LogP contribution in [0.3, 0.4) is 0 Å². The van der Waals surface area contributed by atoms with E-state index in [0.717, 1.165) is 11.3 Å². The number of hydrogen-bond acceptors (Lipinski definition) is 9. The number of nitro groups is 1. The molecular weight excluding hydrogens is 434 g/mol. The molecule has 4 N–H and O–H groups in total. The van der Waals surface area contributed by atoms with Crippen LogP contribution in [-0.4, -0.2) is 29.3 Å². The number of fused-ring (bicyclic) bond motifs is 1. The molecule has 152 valence electrons. The second-order valence-electron chi connectivity index (χ2n) is 6.12. The van der Waals surface area contributed by atoms with Crippen LogP contribution in [0.25, 0.3) is 5.57 Å². The molecule has 30 heavy (non-hydrogen) atoms. The van der Waals surface area contributed by atoms with E-state index in [1.165, 1.54) is 36.4 Å². The molecule has 2 aromatic carbocycles. The highest BCUT2D eigenvalue weighted by molar-refractivity contribution is 7.89. The van der Waals surface area contributed by atoms with Gasteiger partial charge in [0.25, 0.3) is 11.6 Å². The molecule has 1 amide bonds. The molecule has 2 heterocycles. The maximum Gasteiger partial charge on any atom is 0.279 e. The minimum absolute atomic E-state index is 0.00460. The largest absolute Gasteiger partial charge is 0.492 e. The monoisotopic (exact) mass is 445 g/mol. The molecule has 1 aliphatic heterocycles. The molecule has 0 fully saturated rings. The number of aromatic nitrogens is 1. The molecule has 0 unspecified atom stereocenters. The van der Waals surface area contributed by atoms with Gasteiger partial charge in [-0.25, -0.2) is 18.5 Å². The number of amides is 1. The summed E-state index contributed by atoms with van der Waals surface area (Å²) >= 11 is 0.906. The Bertz CT molecular complexity index is 1460. The van der Waals surface area contributed by atoms with Gasteiger partial charge in [-0.05, 0) is 24.3 Å².